The van der Waals surface area contributed by atoms with Gasteiger partial charge in [-0.25, -0.2) is 0 Å². The first-order chi connectivity index (χ1) is 12.8. The molecule has 0 radical (unpaired) electrons. The van der Waals surface area contributed by atoms with Crippen LogP contribution in [0.25, 0.3) is 10.9 Å². The summed E-state index contributed by atoms with van der Waals surface area (Å²) in [6.45, 7) is 4.06. The molecule has 1 aromatic heterocycles. The van der Waals surface area contributed by atoms with Crippen LogP contribution in [-0.2, 0) is 0 Å². The fourth-order valence-corrected chi connectivity index (χ4v) is 5.00. The minimum Gasteiger partial charge on any atom is -0.489 e. The molecule has 138 valence electrons. The van der Waals surface area contributed by atoms with Crippen molar-refractivity contribution < 1.29 is 9.53 Å². The number of para-hydroxylation sites is 1. The summed E-state index contributed by atoms with van der Waals surface area (Å²) < 4.78 is 8.52. The second kappa shape index (κ2) is 6.62. The van der Waals surface area contributed by atoms with Gasteiger partial charge in [-0.3, -0.25) is 4.79 Å². The highest BCUT2D eigenvalue weighted by molar-refractivity contribution is 6.08. The van der Waals surface area contributed by atoms with Gasteiger partial charge in [0.2, 0.25) is 0 Å². The number of hydrogen-bond acceptors (Lipinski definition) is 3. The molecule has 1 saturated heterocycles. The number of ether oxygens (including phenoxy) is 1. The zero-order valence-electron chi connectivity index (χ0n) is 15.2. The average Bonchev–Trinajstić information content (AvgIpc) is 3.10. The van der Waals surface area contributed by atoms with Gasteiger partial charge < -0.3 is 19.5 Å². The van der Waals surface area contributed by atoms with E-state index in [0.717, 1.165) is 55.0 Å². The van der Waals surface area contributed by atoms with Crippen molar-refractivity contribution in [2.24, 2.45) is 5.92 Å². The molecule has 0 bridgehead atoms. The molecule has 2 fully saturated rings. The second-order valence-corrected chi connectivity index (χ2v) is 7.92. The van der Waals surface area contributed by atoms with E-state index in [1.165, 1.54) is 32.1 Å². The smallest absolute Gasteiger partial charge is 0.256 e. The number of piperazine rings is 1. The number of nitrogens with zero attached hydrogens (tertiary/aromatic N) is 2. The fraction of sp³-hybridized carbons (Fsp3) is 0.571. The normalized spacial score (nSPS) is 23.8. The average molecular weight is 353 g/mol. The highest BCUT2D eigenvalue weighted by Crippen LogP contribution is 2.42. The largest absolute Gasteiger partial charge is 0.489 e. The number of hydrogen-bond donors (Lipinski definition) is 1. The van der Waals surface area contributed by atoms with Crippen molar-refractivity contribution in [3.05, 3.63) is 30.0 Å². The number of benzene rings is 1. The molecule has 1 atom stereocenters. The molecule has 0 unspecified atom stereocenters. The van der Waals surface area contributed by atoms with Gasteiger partial charge in [-0.15, -0.1) is 0 Å². The molecule has 2 aromatic rings. The van der Waals surface area contributed by atoms with Crippen LogP contribution in [0.15, 0.2) is 24.4 Å². The Morgan fingerprint density at radius 2 is 1.92 bits per heavy atom. The van der Waals surface area contributed by atoms with Crippen molar-refractivity contribution in [1.29, 1.82) is 0 Å². The SMILES string of the molecule is O=C(c1cn2c3c(cccc13)OC[C@H]2C1CCCCC1)N1CCNCC1. The topological polar surface area (TPSA) is 46.5 Å². The molecule has 3 heterocycles. The molecule has 5 nitrogen and oxygen atoms in total. The van der Waals surface area contributed by atoms with E-state index in [0.29, 0.717) is 12.0 Å². The van der Waals surface area contributed by atoms with Crippen molar-refractivity contribution in [2.75, 3.05) is 32.8 Å². The lowest BCUT2D eigenvalue weighted by atomic mass is 9.83. The van der Waals surface area contributed by atoms with Crippen LogP contribution in [0.4, 0.5) is 0 Å². The van der Waals surface area contributed by atoms with Crippen molar-refractivity contribution >= 4 is 16.8 Å². The standard InChI is InChI=1S/C21H27N3O2/c25-21(23-11-9-22-10-12-23)17-13-24-18(15-5-2-1-3-6-15)14-26-19-8-4-7-16(17)20(19)24/h4,7-8,13,15,18,22H,1-3,5-6,9-12,14H2/t18-/m0/s1. The molecule has 0 spiro atoms. The molecule has 26 heavy (non-hydrogen) atoms. The molecule has 5 heteroatoms. The third-order valence-corrected chi connectivity index (χ3v) is 6.41. The molecule has 5 rings (SSSR count). The number of carbonyl (C=O) groups excluding carboxylic acids is 1. The third-order valence-electron chi connectivity index (χ3n) is 6.41. The van der Waals surface area contributed by atoms with Gasteiger partial charge in [-0.05, 0) is 24.8 Å². The first kappa shape index (κ1) is 16.2. The molecule has 3 aliphatic rings. The molecule has 1 aliphatic carbocycles. The lowest BCUT2D eigenvalue weighted by molar-refractivity contribution is 0.0737. The van der Waals surface area contributed by atoms with Crippen molar-refractivity contribution in [3.63, 3.8) is 0 Å². The zero-order valence-corrected chi connectivity index (χ0v) is 15.2. The highest BCUT2D eigenvalue weighted by atomic mass is 16.5. The predicted molar refractivity (Wildman–Crippen MR) is 102 cm³/mol. The number of amides is 1. The first-order valence-electron chi connectivity index (χ1n) is 10.1. The molecular weight excluding hydrogens is 326 g/mol. The Bertz CT molecular complexity index is 816. The maximum absolute atomic E-state index is 13.2. The summed E-state index contributed by atoms with van der Waals surface area (Å²) in [6, 6.07) is 6.49. The number of rotatable bonds is 2. The highest BCUT2D eigenvalue weighted by Gasteiger charge is 2.33. The maximum atomic E-state index is 13.2. The monoisotopic (exact) mass is 353 g/mol. The third kappa shape index (κ3) is 2.60. The van der Waals surface area contributed by atoms with E-state index in [4.69, 9.17) is 4.74 Å². The summed E-state index contributed by atoms with van der Waals surface area (Å²) in [5.74, 6) is 1.75. The summed E-state index contributed by atoms with van der Waals surface area (Å²) in [6.07, 6.45) is 8.67. The van der Waals surface area contributed by atoms with E-state index in [2.05, 4.69) is 22.1 Å². The molecule has 1 aromatic carbocycles. The number of carbonyl (C=O) groups is 1. The van der Waals surface area contributed by atoms with E-state index < -0.39 is 0 Å². The van der Waals surface area contributed by atoms with Crippen LogP contribution in [0.3, 0.4) is 0 Å². The quantitative estimate of drug-likeness (QED) is 0.902. The van der Waals surface area contributed by atoms with Crippen LogP contribution in [0.2, 0.25) is 0 Å². The molecule has 1 amide bonds. The Kier molecular flexibility index (Phi) is 4.12. The van der Waals surface area contributed by atoms with Crippen molar-refractivity contribution in [1.82, 2.24) is 14.8 Å². The summed E-state index contributed by atoms with van der Waals surface area (Å²) in [4.78, 5) is 15.2. The van der Waals surface area contributed by atoms with Crippen LogP contribution in [-0.4, -0.2) is 48.2 Å². The Hall–Kier alpha value is -2.01. The van der Waals surface area contributed by atoms with E-state index >= 15 is 0 Å². The Morgan fingerprint density at radius 1 is 1.12 bits per heavy atom. The lowest BCUT2D eigenvalue weighted by Crippen LogP contribution is -2.46. The summed E-state index contributed by atoms with van der Waals surface area (Å²) in [5, 5.41) is 4.37. The summed E-state index contributed by atoms with van der Waals surface area (Å²) >= 11 is 0. The summed E-state index contributed by atoms with van der Waals surface area (Å²) in [7, 11) is 0. The van der Waals surface area contributed by atoms with Crippen molar-refractivity contribution in [3.8, 4) is 5.75 Å². The summed E-state index contributed by atoms with van der Waals surface area (Å²) in [5.41, 5.74) is 1.96. The Balaban J connectivity index is 1.57. The van der Waals surface area contributed by atoms with Gasteiger partial charge >= 0.3 is 0 Å². The van der Waals surface area contributed by atoms with Crippen LogP contribution < -0.4 is 10.1 Å². The number of aromatic nitrogens is 1. The van der Waals surface area contributed by atoms with Gasteiger partial charge in [0.25, 0.3) is 5.91 Å². The maximum Gasteiger partial charge on any atom is 0.256 e. The second-order valence-electron chi connectivity index (χ2n) is 7.92. The Labute approximate surface area is 154 Å². The van der Waals surface area contributed by atoms with Gasteiger partial charge in [0.15, 0.2) is 0 Å². The number of nitrogens with one attached hydrogen (secondary N) is 1. The molecule has 2 aliphatic heterocycles. The fourth-order valence-electron chi connectivity index (χ4n) is 5.00. The molecule has 1 saturated carbocycles. The van der Waals surface area contributed by atoms with Gasteiger partial charge in [0, 0.05) is 37.8 Å². The van der Waals surface area contributed by atoms with E-state index in [-0.39, 0.29) is 5.91 Å². The predicted octanol–water partition coefficient (Wildman–Crippen LogP) is 3.20. The van der Waals surface area contributed by atoms with Crippen molar-refractivity contribution in [2.45, 2.75) is 38.1 Å². The minimum atomic E-state index is 0.164. The Morgan fingerprint density at radius 3 is 2.73 bits per heavy atom. The minimum absolute atomic E-state index is 0.164. The van der Waals surface area contributed by atoms with E-state index in [1.807, 2.05) is 17.0 Å². The zero-order chi connectivity index (χ0) is 17.5. The van der Waals surface area contributed by atoms with Crippen LogP contribution in [0, 0.1) is 5.92 Å². The van der Waals surface area contributed by atoms with Gasteiger partial charge in [0.1, 0.15) is 12.4 Å². The van der Waals surface area contributed by atoms with Crippen LogP contribution in [0.5, 0.6) is 5.75 Å². The van der Waals surface area contributed by atoms with E-state index in [9.17, 15) is 4.79 Å². The van der Waals surface area contributed by atoms with Crippen LogP contribution >= 0.6 is 0 Å². The first-order valence-corrected chi connectivity index (χ1v) is 10.1. The van der Waals surface area contributed by atoms with Gasteiger partial charge in [-0.1, -0.05) is 31.4 Å². The van der Waals surface area contributed by atoms with Gasteiger partial charge in [0.05, 0.1) is 17.1 Å². The van der Waals surface area contributed by atoms with E-state index in [1.54, 1.807) is 0 Å². The van der Waals surface area contributed by atoms with Crippen LogP contribution in [0.1, 0.15) is 48.5 Å². The molecular formula is C21H27N3O2. The molecule has 1 N–H and O–H groups in total. The van der Waals surface area contributed by atoms with Gasteiger partial charge in [-0.2, -0.15) is 0 Å². The lowest BCUT2D eigenvalue weighted by Gasteiger charge is -2.34.